The molecule has 0 bridgehead atoms. The van der Waals surface area contributed by atoms with E-state index in [1.165, 1.54) is 0 Å². The Morgan fingerprint density at radius 3 is 1.95 bits per heavy atom. The van der Waals surface area contributed by atoms with Gasteiger partial charge in [0.25, 0.3) is 0 Å². The number of hydrogen-bond acceptors (Lipinski definition) is 6. The summed E-state index contributed by atoms with van der Waals surface area (Å²) in [5.74, 6) is -2.10. The van der Waals surface area contributed by atoms with Crippen molar-refractivity contribution in [2.45, 2.75) is 38.5 Å². The van der Waals surface area contributed by atoms with Crippen molar-refractivity contribution in [1.29, 1.82) is 0 Å². The van der Waals surface area contributed by atoms with Gasteiger partial charge in [-0.05, 0) is 60.3 Å². The largest absolute Gasteiger partial charge is 0.493 e. The third-order valence-corrected chi connectivity index (χ3v) is 5.52. The van der Waals surface area contributed by atoms with Gasteiger partial charge in [-0.2, -0.15) is 13.2 Å². The summed E-state index contributed by atoms with van der Waals surface area (Å²) in [7, 11) is 0. The summed E-state index contributed by atoms with van der Waals surface area (Å²) < 4.78 is 51.5. The van der Waals surface area contributed by atoms with E-state index in [9.17, 15) is 22.8 Å². The molecule has 0 fully saturated rings. The molecule has 3 aromatic rings. The Kier molecular flexibility index (Phi) is 11.2. The molecule has 0 saturated carbocycles. The van der Waals surface area contributed by atoms with E-state index in [0.29, 0.717) is 19.8 Å². The van der Waals surface area contributed by atoms with E-state index in [1.807, 2.05) is 78.9 Å². The third-order valence-electron chi connectivity index (χ3n) is 5.52. The van der Waals surface area contributed by atoms with Crippen molar-refractivity contribution in [3.8, 4) is 11.5 Å². The summed E-state index contributed by atoms with van der Waals surface area (Å²) in [4.78, 5) is 21.8. The molecule has 0 spiro atoms. The van der Waals surface area contributed by atoms with Crippen molar-refractivity contribution in [1.82, 2.24) is 5.32 Å². The molecular weight excluding hydrogens is 499 g/mol. The van der Waals surface area contributed by atoms with Gasteiger partial charge in [0.1, 0.15) is 18.1 Å². The van der Waals surface area contributed by atoms with Crippen LogP contribution in [0.5, 0.6) is 11.5 Å². The smallest absolute Gasteiger partial charge is 0.491 e. The molecule has 38 heavy (non-hydrogen) atoms. The van der Waals surface area contributed by atoms with Gasteiger partial charge in [0.2, 0.25) is 0 Å². The number of nitrogens with one attached hydrogen (secondary N) is 1. The fourth-order valence-electron chi connectivity index (χ4n) is 3.48. The lowest BCUT2D eigenvalue weighted by Gasteiger charge is -2.09. The van der Waals surface area contributed by atoms with Crippen LogP contribution < -0.4 is 14.8 Å². The van der Waals surface area contributed by atoms with Crippen LogP contribution in [0.15, 0.2) is 78.9 Å². The highest BCUT2D eigenvalue weighted by Crippen LogP contribution is 2.18. The van der Waals surface area contributed by atoms with E-state index in [0.717, 1.165) is 47.5 Å². The van der Waals surface area contributed by atoms with E-state index in [-0.39, 0.29) is 13.0 Å². The minimum Gasteiger partial charge on any atom is -0.493 e. The van der Waals surface area contributed by atoms with Gasteiger partial charge in [-0.1, -0.05) is 54.6 Å². The summed E-state index contributed by atoms with van der Waals surface area (Å²) in [5.41, 5.74) is 3.39. The predicted octanol–water partition coefficient (Wildman–Crippen LogP) is 5.43. The molecule has 9 heteroatoms. The Morgan fingerprint density at radius 2 is 1.32 bits per heavy atom. The van der Waals surface area contributed by atoms with Gasteiger partial charge < -0.3 is 19.5 Å². The van der Waals surface area contributed by atoms with Crippen LogP contribution >= 0.6 is 0 Å². The van der Waals surface area contributed by atoms with Gasteiger partial charge in [-0.15, -0.1) is 0 Å². The van der Waals surface area contributed by atoms with Gasteiger partial charge in [0.05, 0.1) is 13.0 Å². The van der Waals surface area contributed by atoms with Crippen molar-refractivity contribution in [3.63, 3.8) is 0 Å². The maximum Gasteiger partial charge on any atom is 0.491 e. The standard InChI is InChI=1S/C29H30F3NO5/c30-29(31,32)28(35)38-27(34)16-19-33-18-4-7-22-8-12-25(13-9-22)36-20-17-23-10-14-26(15-11-23)37-21-24-5-2-1-3-6-24/h1-3,5-6,8-15,33H,4,7,16-21H2. The molecule has 6 nitrogen and oxygen atoms in total. The number of esters is 2. The first-order valence-electron chi connectivity index (χ1n) is 12.3. The number of rotatable bonds is 14. The van der Waals surface area contributed by atoms with E-state index in [4.69, 9.17) is 9.47 Å². The predicted molar refractivity (Wildman–Crippen MR) is 136 cm³/mol. The monoisotopic (exact) mass is 529 g/mol. The summed E-state index contributed by atoms with van der Waals surface area (Å²) >= 11 is 0. The Bertz CT molecular complexity index is 1130. The minimum atomic E-state index is -5.17. The van der Waals surface area contributed by atoms with Crippen LogP contribution in [0, 0.1) is 0 Å². The fourth-order valence-corrected chi connectivity index (χ4v) is 3.48. The second kappa shape index (κ2) is 14.8. The number of alkyl halides is 3. The average molecular weight is 530 g/mol. The third kappa shape index (κ3) is 10.6. The maximum absolute atomic E-state index is 12.0. The van der Waals surface area contributed by atoms with Gasteiger partial charge in [0, 0.05) is 13.0 Å². The molecule has 0 aromatic heterocycles. The molecule has 0 radical (unpaired) electrons. The topological polar surface area (TPSA) is 73.9 Å². The van der Waals surface area contributed by atoms with Crippen molar-refractivity contribution in [2.24, 2.45) is 0 Å². The lowest BCUT2D eigenvalue weighted by Crippen LogP contribution is -2.29. The highest BCUT2D eigenvalue weighted by molar-refractivity contribution is 5.88. The summed E-state index contributed by atoms with van der Waals surface area (Å²) in [6, 6.07) is 25.8. The second-order valence-corrected chi connectivity index (χ2v) is 8.52. The molecule has 0 unspecified atom stereocenters. The Labute approximate surface area is 219 Å². The first-order valence-corrected chi connectivity index (χ1v) is 12.3. The Morgan fingerprint density at radius 1 is 0.711 bits per heavy atom. The van der Waals surface area contributed by atoms with E-state index < -0.39 is 18.1 Å². The number of carbonyl (C=O) groups excluding carboxylic acids is 2. The summed E-state index contributed by atoms with van der Waals surface area (Å²) in [6.07, 6.45) is -3.18. The number of aryl methyl sites for hydroxylation is 1. The van der Waals surface area contributed by atoms with E-state index in [1.54, 1.807) is 0 Å². The Hall–Kier alpha value is -3.85. The first-order chi connectivity index (χ1) is 18.3. The highest BCUT2D eigenvalue weighted by Gasteiger charge is 2.42. The number of hydrogen-bond donors (Lipinski definition) is 1. The van der Waals surface area contributed by atoms with Crippen molar-refractivity contribution >= 4 is 11.9 Å². The Balaban J connectivity index is 1.26. The zero-order chi connectivity index (χ0) is 27.2. The van der Waals surface area contributed by atoms with Crippen LogP contribution in [-0.2, 0) is 33.8 Å². The number of carbonyl (C=O) groups is 2. The van der Waals surface area contributed by atoms with Gasteiger partial charge in [-0.25, -0.2) is 4.79 Å². The van der Waals surface area contributed by atoms with Gasteiger partial charge in [0.15, 0.2) is 0 Å². The van der Waals surface area contributed by atoms with Crippen LogP contribution in [0.25, 0.3) is 0 Å². The molecule has 3 aromatic carbocycles. The first kappa shape index (κ1) is 28.7. The zero-order valence-electron chi connectivity index (χ0n) is 20.8. The van der Waals surface area contributed by atoms with E-state index >= 15 is 0 Å². The van der Waals surface area contributed by atoms with Crippen LogP contribution in [0.1, 0.15) is 29.5 Å². The minimum absolute atomic E-state index is 0.125. The molecule has 0 atom stereocenters. The van der Waals surface area contributed by atoms with Crippen molar-refractivity contribution in [3.05, 3.63) is 95.6 Å². The zero-order valence-corrected chi connectivity index (χ0v) is 20.8. The lowest BCUT2D eigenvalue weighted by molar-refractivity contribution is -0.201. The maximum atomic E-state index is 12.0. The summed E-state index contributed by atoms with van der Waals surface area (Å²) in [5, 5.41) is 2.95. The van der Waals surface area contributed by atoms with Crippen LogP contribution in [0.4, 0.5) is 13.2 Å². The molecular formula is C29H30F3NO5. The van der Waals surface area contributed by atoms with Crippen LogP contribution in [0.2, 0.25) is 0 Å². The molecule has 0 aliphatic rings. The SMILES string of the molecule is O=C(CCNCCCc1ccc(OCCc2ccc(OCc3ccccc3)cc2)cc1)OC(=O)C(F)(F)F. The van der Waals surface area contributed by atoms with Crippen molar-refractivity contribution in [2.75, 3.05) is 19.7 Å². The molecule has 3 rings (SSSR count). The molecule has 0 amide bonds. The molecule has 0 saturated heterocycles. The number of ether oxygens (including phenoxy) is 3. The molecule has 0 heterocycles. The van der Waals surface area contributed by atoms with Crippen LogP contribution in [-0.4, -0.2) is 37.8 Å². The number of benzene rings is 3. The lowest BCUT2D eigenvalue weighted by atomic mass is 10.1. The van der Waals surface area contributed by atoms with Crippen LogP contribution in [0.3, 0.4) is 0 Å². The summed E-state index contributed by atoms with van der Waals surface area (Å²) in [6.45, 7) is 1.77. The molecule has 202 valence electrons. The van der Waals surface area contributed by atoms with Crippen molar-refractivity contribution < 1.29 is 37.0 Å². The molecule has 0 aliphatic heterocycles. The normalized spacial score (nSPS) is 11.1. The molecule has 0 aliphatic carbocycles. The highest BCUT2D eigenvalue weighted by atomic mass is 19.4. The molecule has 1 N–H and O–H groups in total. The number of halogens is 3. The fraction of sp³-hybridized carbons (Fsp3) is 0.310. The quantitative estimate of drug-likeness (QED) is 0.171. The average Bonchev–Trinajstić information content (AvgIpc) is 2.91. The van der Waals surface area contributed by atoms with Gasteiger partial charge >= 0.3 is 18.1 Å². The van der Waals surface area contributed by atoms with Gasteiger partial charge in [-0.3, -0.25) is 4.79 Å². The van der Waals surface area contributed by atoms with E-state index in [2.05, 4.69) is 10.1 Å². The second-order valence-electron chi connectivity index (χ2n) is 8.52.